The van der Waals surface area contributed by atoms with Gasteiger partial charge in [0, 0.05) is 32.4 Å². The van der Waals surface area contributed by atoms with Gasteiger partial charge in [0.05, 0.1) is 16.1 Å². The molecule has 0 aliphatic carbocycles. The number of alkyl halides is 3. The molecule has 10 heteroatoms. The Labute approximate surface area is 173 Å². The maximum absolute atomic E-state index is 12.8. The van der Waals surface area contributed by atoms with Crippen LogP contribution in [0.2, 0.25) is 0 Å². The van der Waals surface area contributed by atoms with Crippen molar-refractivity contribution >= 4 is 23.1 Å². The molecule has 0 spiro atoms. The largest absolute Gasteiger partial charge is 0.417 e. The Morgan fingerprint density at radius 2 is 1.83 bits per heavy atom. The second kappa shape index (κ2) is 7.94. The molecule has 0 saturated carbocycles. The first-order valence-corrected chi connectivity index (χ1v) is 10.1. The van der Waals surface area contributed by atoms with Crippen LogP contribution in [-0.2, 0) is 6.18 Å². The summed E-state index contributed by atoms with van der Waals surface area (Å²) in [5.41, 5.74) is -0.524. The van der Waals surface area contributed by atoms with E-state index in [1.165, 1.54) is 23.5 Å². The van der Waals surface area contributed by atoms with Gasteiger partial charge in [-0.05, 0) is 35.7 Å². The number of carbonyl (C=O) groups excluding carboxylic acids is 1. The van der Waals surface area contributed by atoms with Gasteiger partial charge in [0.15, 0.2) is 0 Å². The Bertz CT molecular complexity index is 1090. The fourth-order valence-corrected chi connectivity index (χ4v) is 3.97. The number of H-pyrrole nitrogens is 1. The van der Waals surface area contributed by atoms with Gasteiger partial charge in [-0.3, -0.25) is 9.59 Å². The number of hydrogen-bond donors (Lipinski definition) is 1. The fraction of sp³-hybridized carbons (Fsp3) is 0.250. The molecule has 0 unspecified atom stereocenters. The number of halogens is 3. The van der Waals surface area contributed by atoms with Gasteiger partial charge in [0.1, 0.15) is 11.4 Å². The first kappa shape index (κ1) is 20.1. The van der Waals surface area contributed by atoms with Crippen LogP contribution in [0.5, 0.6) is 0 Å². The van der Waals surface area contributed by atoms with Crippen LogP contribution in [-0.4, -0.2) is 47.0 Å². The summed E-state index contributed by atoms with van der Waals surface area (Å²) in [5, 5.41) is 1.90. The quantitative estimate of drug-likeness (QED) is 0.685. The lowest BCUT2D eigenvalue weighted by molar-refractivity contribution is -0.137. The van der Waals surface area contributed by atoms with Gasteiger partial charge >= 0.3 is 6.18 Å². The minimum Gasteiger partial charge on any atom is -0.353 e. The highest BCUT2D eigenvalue weighted by molar-refractivity contribution is 7.13. The van der Waals surface area contributed by atoms with Gasteiger partial charge in [-0.1, -0.05) is 6.07 Å². The summed E-state index contributed by atoms with van der Waals surface area (Å²) in [6, 6.07) is 9.32. The molecular formula is C20H17F3N4O2S. The van der Waals surface area contributed by atoms with Crippen LogP contribution in [0.3, 0.4) is 0 Å². The number of thiophene rings is 1. The summed E-state index contributed by atoms with van der Waals surface area (Å²) in [5.74, 6) is 0.0576. The van der Waals surface area contributed by atoms with Gasteiger partial charge in [0.2, 0.25) is 0 Å². The number of anilines is 1. The number of pyridine rings is 2. The molecular weight excluding hydrogens is 417 g/mol. The third-order valence-corrected chi connectivity index (χ3v) is 5.80. The van der Waals surface area contributed by atoms with E-state index >= 15 is 0 Å². The first-order chi connectivity index (χ1) is 14.3. The number of hydrogen-bond acceptors (Lipinski definition) is 5. The number of nitrogens with one attached hydrogen (secondary N) is 1. The Morgan fingerprint density at radius 1 is 1.07 bits per heavy atom. The van der Waals surface area contributed by atoms with E-state index in [9.17, 15) is 22.8 Å². The molecule has 6 nitrogen and oxygen atoms in total. The standard InChI is InChI=1S/C20H17F3N4O2S/c21-20(22,23)13-3-6-17(24-12-13)26-7-9-27(10-8-26)19(29)14-4-5-15(25-18(14)28)16-2-1-11-30-16/h1-6,11-12H,7-10H2,(H,25,28). The van der Waals surface area contributed by atoms with E-state index in [2.05, 4.69) is 9.97 Å². The fourth-order valence-electron chi connectivity index (χ4n) is 3.27. The van der Waals surface area contributed by atoms with Crippen LogP contribution in [0, 0.1) is 0 Å². The Hall–Kier alpha value is -3.14. The average molecular weight is 434 g/mol. The van der Waals surface area contributed by atoms with Crippen molar-refractivity contribution in [1.29, 1.82) is 0 Å². The molecule has 3 aromatic rings. The van der Waals surface area contributed by atoms with Gasteiger partial charge in [-0.25, -0.2) is 4.98 Å². The molecule has 4 rings (SSSR count). The molecule has 30 heavy (non-hydrogen) atoms. The monoisotopic (exact) mass is 434 g/mol. The molecule has 1 N–H and O–H groups in total. The van der Waals surface area contributed by atoms with Gasteiger partial charge in [-0.2, -0.15) is 13.2 Å². The van der Waals surface area contributed by atoms with Crippen LogP contribution in [0.15, 0.2) is 52.8 Å². The summed E-state index contributed by atoms with van der Waals surface area (Å²) in [7, 11) is 0. The highest BCUT2D eigenvalue weighted by Crippen LogP contribution is 2.29. The van der Waals surface area contributed by atoms with Gasteiger partial charge < -0.3 is 14.8 Å². The smallest absolute Gasteiger partial charge is 0.353 e. The maximum atomic E-state index is 12.8. The van der Waals surface area contributed by atoms with Crippen LogP contribution in [0.25, 0.3) is 10.6 Å². The molecule has 1 fully saturated rings. The number of nitrogens with zero attached hydrogens (tertiary/aromatic N) is 3. The van der Waals surface area contributed by atoms with E-state index in [0.717, 1.165) is 17.1 Å². The van der Waals surface area contributed by atoms with Crippen LogP contribution < -0.4 is 10.5 Å². The van der Waals surface area contributed by atoms with E-state index < -0.39 is 17.3 Å². The molecule has 1 amide bonds. The number of piperazine rings is 1. The third-order valence-electron chi connectivity index (χ3n) is 4.89. The third kappa shape index (κ3) is 4.09. The lowest BCUT2D eigenvalue weighted by atomic mass is 10.2. The number of aromatic nitrogens is 2. The van der Waals surface area contributed by atoms with Crippen molar-refractivity contribution in [1.82, 2.24) is 14.9 Å². The normalized spacial score (nSPS) is 14.8. The zero-order chi connectivity index (χ0) is 21.3. The predicted molar refractivity (Wildman–Crippen MR) is 108 cm³/mol. The highest BCUT2D eigenvalue weighted by Gasteiger charge is 2.31. The summed E-state index contributed by atoms with van der Waals surface area (Å²) in [6.07, 6.45) is -3.62. The van der Waals surface area contributed by atoms with Crippen molar-refractivity contribution in [2.45, 2.75) is 6.18 Å². The second-order valence-corrected chi connectivity index (χ2v) is 7.72. The molecule has 1 saturated heterocycles. The zero-order valence-corrected chi connectivity index (χ0v) is 16.5. The average Bonchev–Trinajstić information content (AvgIpc) is 3.28. The van der Waals surface area contributed by atoms with Crippen molar-refractivity contribution in [2.75, 3.05) is 31.1 Å². The molecule has 0 atom stereocenters. The number of rotatable bonds is 3. The molecule has 4 heterocycles. The summed E-state index contributed by atoms with van der Waals surface area (Å²) in [6.45, 7) is 1.51. The van der Waals surface area contributed by atoms with Crippen LogP contribution >= 0.6 is 11.3 Å². The molecule has 0 bridgehead atoms. The molecule has 156 valence electrons. The number of amides is 1. The van der Waals surface area contributed by atoms with Crippen LogP contribution in [0.1, 0.15) is 15.9 Å². The van der Waals surface area contributed by atoms with Gasteiger partial charge in [0.25, 0.3) is 11.5 Å². The van der Waals surface area contributed by atoms with Crippen molar-refractivity contribution < 1.29 is 18.0 Å². The Balaban J connectivity index is 1.41. The Kier molecular flexibility index (Phi) is 5.33. The van der Waals surface area contributed by atoms with Crippen LogP contribution in [0.4, 0.5) is 19.0 Å². The van der Waals surface area contributed by atoms with Crippen molar-refractivity contribution in [3.05, 3.63) is 69.5 Å². The summed E-state index contributed by atoms with van der Waals surface area (Å²) in [4.78, 5) is 36.1. The van der Waals surface area contributed by atoms with E-state index in [1.807, 2.05) is 22.4 Å². The molecule has 0 radical (unpaired) electrons. The van der Waals surface area contributed by atoms with E-state index in [-0.39, 0.29) is 11.5 Å². The molecule has 3 aromatic heterocycles. The van der Waals surface area contributed by atoms with E-state index in [0.29, 0.717) is 37.7 Å². The summed E-state index contributed by atoms with van der Waals surface area (Å²) >= 11 is 1.49. The van der Waals surface area contributed by atoms with Crippen molar-refractivity contribution in [3.8, 4) is 10.6 Å². The van der Waals surface area contributed by atoms with Crippen molar-refractivity contribution in [3.63, 3.8) is 0 Å². The topological polar surface area (TPSA) is 69.3 Å². The molecule has 0 aromatic carbocycles. The van der Waals surface area contributed by atoms with E-state index in [1.54, 1.807) is 11.0 Å². The minimum atomic E-state index is -4.43. The second-order valence-electron chi connectivity index (χ2n) is 6.77. The number of carbonyl (C=O) groups is 1. The zero-order valence-electron chi connectivity index (χ0n) is 15.6. The Morgan fingerprint density at radius 3 is 2.40 bits per heavy atom. The molecule has 1 aliphatic rings. The van der Waals surface area contributed by atoms with E-state index in [4.69, 9.17) is 0 Å². The predicted octanol–water partition coefficient (Wildman–Crippen LogP) is 3.48. The van der Waals surface area contributed by atoms with Crippen molar-refractivity contribution in [2.24, 2.45) is 0 Å². The summed E-state index contributed by atoms with van der Waals surface area (Å²) < 4.78 is 38.0. The van der Waals surface area contributed by atoms with Gasteiger partial charge in [-0.15, -0.1) is 11.3 Å². The first-order valence-electron chi connectivity index (χ1n) is 9.17. The lowest BCUT2D eigenvalue weighted by Gasteiger charge is -2.35. The number of aromatic amines is 1. The lowest BCUT2D eigenvalue weighted by Crippen LogP contribution is -2.49. The highest BCUT2D eigenvalue weighted by atomic mass is 32.1. The molecule has 1 aliphatic heterocycles. The SMILES string of the molecule is O=C(c1ccc(-c2cccs2)[nH]c1=O)N1CCN(c2ccc(C(F)(F)F)cn2)CC1. The minimum absolute atomic E-state index is 0.0661. The maximum Gasteiger partial charge on any atom is 0.417 e.